The summed E-state index contributed by atoms with van der Waals surface area (Å²) in [6.45, 7) is 5.32. The molecule has 1 aliphatic heterocycles. The molecule has 0 unspecified atom stereocenters. The van der Waals surface area contributed by atoms with Crippen LogP contribution >= 0.6 is 15.9 Å². The second-order valence-corrected chi connectivity index (χ2v) is 9.89. The number of rotatable bonds is 11. The first-order chi connectivity index (χ1) is 20.4. The third-order valence-electron chi connectivity index (χ3n) is 6.14. The molecule has 5 rings (SSSR count). The van der Waals surface area contributed by atoms with Gasteiger partial charge in [-0.05, 0) is 68.6 Å². The first-order valence-corrected chi connectivity index (χ1v) is 13.7. The van der Waals surface area contributed by atoms with E-state index in [4.69, 9.17) is 19.9 Å². The van der Waals surface area contributed by atoms with Gasteiger partial charge in [0.25, 0.3) is 5.91 Å². The van der Waals surface area contributed by atoms with Crippen LogP contribution in [-0.4, -0.2) is 75.2 Å². The van der Waals surface area contributed by atoms with E-state index in [1.165, 1.54) is 23.0 Å². The van der Waals surface area contributed by atoms with E-state index in [9.17, 15) is 9.18 Å². The summed E-state index contributed by atoms with van der Waals surface area (Å²) >= 11 is 3.52. The van der Waals surface area contributed by atoms with E-state index in [2.05, 4.69) is 56.6 Å². The van der Waals surface area contributed by atoms with E-state index >= 15 is 0 Å². The minimum Gasteiger partial charge on any atom is -0.490 e. The maximum absolute atomic E-state index is 13.4. The molecule has 14 nitrogen and oxygen atoms in total. The van der Waals surface area contributed by atoms with E-state index in [0.29, 0.717) is 66.7 Å². The average Bonchev–Trinajstić information content (AvgIpc) is 3.59. The standard InChI is InChI=1S/C26H27BrFN9O5/c1-2-40-21-12-17(11-19(27)23(21)41-15-16-3-5-18(28)6-4-16)13-30-32-26(38)22-20(14-36-7-9-39-10-8-36)31-35-37(22)25-24(29)33-42-34-25/h3-6,11-13H,2,7-10,14-15H2,1H3,(H2,29,33)(H,32,38)/b30-13-. The van der Waals surface area contributed by atoms with Gasteiger partial charge in [-0.25, -0.2) is 14.4 Å². The number of halogens is 2. The van der Waals surface area contributed by atoms with Gasteiger partial charge in [0.15, 0.2) is 17.2 Å². The monoisotopic (exact) mass is 643 g/mol. The number of nitrogen functional groups attached to an aromatic ring is 1. The molecule has 0 radical (unpaired) electrons. The van der Waals surface area contributed by atoms with E-state index < -0.39 is 5.91 Å². The summed E-state index contributed by atoms with van der Waals surface area (Å²) in [6.07, 6.45) is 1.46. The molecule has 2 aromatic heterocycles. The van der Waals surface area contributed by atoms with Gasteiger partial charge in [-0.15, -0.1) is 5.10 Å². The predicted molar refractivity (Wildman–Crippen MR) is 151 cm³/mol. The summed E-state index contributed by atoms with van der Waals surface area (Å²) in [7, 11) is 0. The van der Waals surface area contributed by atoms with Crippen molar-refractivity contribution in [2.24, 2.45) is 5.10 Å². The van der Waals surface area contributed by atoms with Crippen LogP contribution in [0.2, 0.25) is 0 Å². The van der Waals surface area contributed by atoms with Gasteiger partial charge in [0, 0.05) is 19.6 Å². The van der Waals surface area contributed by atoms with Crippen molar-refractivity contribution in [2.45, 2.75) is 20.1 Å². The smallest absolute Gasteiger partial charge is 0.292 e. The molecular weight excluding hydrogens is 617 g/mol. The van der Waals surface area contributed by atoms with Crippen molar-refractivity contribution in [3.05, 3.63) is 69.2 Å². The van der Waals surface area contributed by atoms with Gasteiger partial charge in [-0.1, -0.05) is 17.3 Å². The Kier molecular flexibility index (Phi) is 9.35. The van der Waals surface area contributed by atoms with Gasteiger partial charge in [0.1, 0.15) is 18.1 Å². The third kappa shape index (κ3) is 6.89. The Morgan fingerprint density at radius 1 is 1.21 bits per heavy atom. The number of nitrogens with one attached hydrogen (secondary N) is 1. The lowest BCUT2D eigenvalue weighted by Gasteiger charge is -2.25. The number of morpholine rings is 1. The summed E-state index contributed by atoms with van der Waals surface area (Å²) in [5.41, 5.74) is 10.3. The molecule has 42 heavy (non-hydrogen) atoms. The Morgan fingerprint density at radius 3 is 2.71 bits per heavy atom. The third-order valence-corrected chi connectivity index (χ3v) is 6.73. The van der Waals surface area contributed by atoms with Crippen LogP contribution in [0.25, 0.3) is 5.82 Å². The topological polar surface area (TPSA) is 168 Å². The second-order valence-electron chi connectivity index (χ2n) is 9.04. The molecule has 1 amide bonds. The fourth-order valence-corrected chi connectivity index (χ4v) is 4.70. The minimum atomic E-state index is -0.592. The van der Waals surface area contributed by atoms with Crippen LogP contribution in [0.1, 0.15) is 34.2 Å². The largest absolute Gasteiger partial charge is 0.490 e. The van der Waals surface area contributed by atoms with Crippen LogP contribution in [0, 0.1) is 5.82 Å². The van der Waals surface area contributed by atoms with Crippen LogP contribution < -0.4 is 20.6 Å². The summed E-state index contributed by atoms with van der Waals surface area (Å²) in [6, 6.07) is 9.52. The number of nitrogens with zero attached hydrogens (tertiary/aromatic N) is 7. The van der Waals surface area contributed by atoms with Gasteiger partial charge in [-0.3, -0.25) is 9.69 Å². The zero-order chi connectivity index (χ0) is 29.5. The molecule has 0 atom stereocenters. The number of carbonyl (C=O) groups is 1. The van der Waals surface area contributed by atoms with Crippen molar-refractivity contribution in [1.29, 1.82) is 0 Å². The van der Waals surface area contributed by atoms with Crippen molar-refractivity contribution in [3.8, 4) is 17.3 Å². The van der Waals surface area contributed by atoms with Gasteiger partial charge in [0.2, 0.25) is 11.6 Å². The van der Waals surface area contributed by atoms with Crippen LogP contribution in [0.3, 0.4) is 0 Å². The number of anilines is 1. The molecule has 0 saturated carbocycles. The van der Waals surface area contributed by atoms with Crippen LogP contribution in [0.15, 0.2) is 50.6 Å². The zero-order valence-electron chi connectivity index (χ0n) is 22.5. The molecule has 3 heterocycles. The van der Waals surface area contributed by atoms with Gasteiger partial charge >= 0.3 is 0 Å². The predicted octanol–water partition coefficient (Wildman–Crippen LogP) is 2.71. The van der Waals surface area contributed by atoms with Crippen molar-refractivity contribution >= 4 is 33.9 Å². The Balaban J connectivity index is 1.33. The zero-order valence-corrected chi connectivity index (χ0v) is 24.1. The first-order valence-electron chi connectivity index (χ1n) is 12.9. The lowest BCUT2D eigenvalue weighted by atomic mass is 10.2. The number of benzene rings is 2. The molecular formula is C26H27BrFN9O5. The highest BCUT2D eigenvalue weighted by molar-refractivity contribution is 9.10. The minimum absolute atomic E-state index is 0.0337. The molecule has 0 spiro atoms. The van der Waals surface area contributed by atoms with Crippen molar-refractivity contribution in [1.82, 2.24) is 35.6 Å². The number of hydrazone groups is 1. The lowest BCUT2D eigenvalue weighted by Crippen LogP contribution is -2.36. The van der Waals surface area contributed by atoms with E-state index in [1.54, 1.807) is 24.3 Å². The number of amides is 1. The van der Waals surface area contributed by atoms with Crippen molar-refractivity contribution in [2.75, 3.05) is 38.6 Å². The fraction of sp³-hybridized carbons (Fsp3) is 0.308. The summed E-state index contributed by atoms with van der Waals surface area (Å²) in [5, 5.41) is 19.7. The average molecular weight is 644 g/mol. The number of ether oxygens (including phenoxy) is 3. The molecule has 2 aromatic carbocycles. The number of aromatic nitrogens is 5. The molecule has 1 saturated heterocycles. The highest BCUT2D eigenvalue weighted by Gasteiger charge is 2.26. The fourth-order valence-electron chi connectivity index (χ4n) is 4.12. The number of hydrogen-bond donors (Lipinski definition) is 2. The quantitative estimate of drug-likeness (QED) is 0.182. The number of carbonyl (C=O) groups excluding carboxylic acids is 1. The highest BCUT2D eigenvalue weighted by Crippen LogP contribution is 2.37. The summed E-state index contributed by atoms with van der Waals surface area (Å²) < 4.78 is 36.8. The number of nitrogens with two attached hydrogens (primary N) is 1. The second kappa shape index (κ2) is 13.5. The summed E-state index contributed by atoms with van der Waals surface area (Å²) in [4.78, 5) is 15.4. The SMILES string of the molecule is CCOc1cc(/C=N\NC(=O)c2c(CN3CCOCC3)nnn2-c2nonc2N)cc(Br)c1OCc1ccc(F)cc1. The first kappa shape index (κ1) is 29.1. The van der Waals surface area contributed by atoms with E-state index in [0.717, 1.165) is 5.56 Å². The highest BCUT2D eigenvalue weighted by atomic mass is 79.9. The van der Waals surface area contributed by atoms with E-state index in [1.807, 2.05) is 6.92 Å². The maximum atomic E-state index is 13.4. The van der Waals surface area contributed by atoms with E-state index in [-0.39, 0.29) is 29.8 Å². The van der Waals surface area contributed by atoms with Gasteiger partial charge < -0.3 is 19.9 Å². The van der Waals surface area contributed by atoms with Gasteiger partial charge in [-0.2, -0.15) is 9.78 Å². The molecule has 0 bridgehead atoms. The number of hydrogen-bond acceptors (Lipinski definition) is 12. The maximum Gasteiger partial charge on any atom is 0.292 e. The molecule has 16 heteroatoms. The van der Waals surface area contributed by atoms with Crippen molar-refractivity contribution < 1.29 is 28.0 Å². The molecule has 220 valence electrons. The molecule has 3 N–H and O–H groups in total. The lowest BCUT2D eigenvalue weighted by molar-refractivity contribution is 0.0335. The molecule has 4 aromatic rings. The van der Waals surface area contributed by atoms with Crippen LogP contribution in [0.5, 0.6) is 11.5 Å². The summed E-state index contributed by atoms with van der Waals surface area (Å²) in [5.74, 6) is 0.00998. The molecule has 0 aliphatic carbocycles. The Morgan fingerprint density at radius 2 is 2.00 bits per heavy atom. The molecule has 1 fully saturated rings. The normalized spacial score (nSPS) is 13.9. The Hall–Kier alpha value is -4.41. The Labute approximate surface area is 247 Å². The van der Waals surface area contributed by atoms with Crippen LogP contribution in [-0.2, 0) is 17.9 Å². The van der Waals surface area contributed by atoms with Crippen LogP contribution in [0.4, 0.5) is 10.2 Å². The van der Waals surface area contributed by atoms with Gasteiger partial charge in [0.05, 0.1) is 30.5 Å². The van der Waals surface area contributed by atoms with Crippen molar-refractivity contribution in [3.63, 3.8) is 0 Å². The molecule has 1 aliphatic rings. The Bertz CT molecular complexity index is 1550.